The Balaban J connectivity index is 1.55. The van der Waals surface area contributed by atoms with Crippen molar-refractivity contribution in [3.05, 3.63) is 76.5 Å². The molecule has 2 aromatic rings. The Morgan fingerprint density at radius 2 is 1.90 bits per heavy atom. The molecule has 6 heteroatoms. The third-order valence-electron chi connectivity index (χ3n) is 5.64. The SMILES string of the molecule is CC1=NC2=C(C(=O)CCC2)C(c2cccc(Cl)c2)C1C(=O)OCCOc1ccccc1. The number of esters is 1. The molecule has 2 aliphatic rings. The average Bonchev–Trinajstić information content (AvgIpc) is 2.76. The molecular weight excluding hydrogens is 414 g/mol. The molecule has 160 valence electrons. The molecule has 0 bridgehead atoms. The number of hydrogen-bond acceptors (Lipinski definition) is 5. The maximum Gasteiger partial charge on any atom is 0.315 e. The fourth-order valence-electron chi connectivity index (χ4n) is 4.28. The van der Waals surface area contributed by atoms with Crippen LogP contribution in [-0.4, -0.2) is 30.7 Å². The second-order valence-electron chi connectivity index (χ2n) is 7.73. The van der Waals surface area contributed by atoms with Gasteiger partial charge in [-0.2, -0.15) is 0 Å². The molecule has 0 amide bonds. The molecule has 5 nitrogen and oxygen atoms in total. The fraction of sp³-hybridized carbons (Fsp3) is 0.320. The van der Waals surface area contributed by atoms with Crippen molar-refractivity contribution in [2.45, 2.75) is 32.1 Å². The lowest BCUT2D eigenvalue weighted by atomic mass is 9.72. The van der Waals surface area contributed by atoms with Gasteiger partial charge in [0, 0.05) is 34.3 Å². The number of ether oxygens (including phenoxy) is 2. The quantitative estimate of drug-likeness (QED) is 0.463. The zero-order valence-corrected chi connectivity index (χ0v) is 18.1. The third kappa shape index (κ3) is 4.72. The van der Waals surface area contributed by atoms with Crippen LogP contribution in [0.3, 0.4) is 0 Å². The largest absolute Gasteiger partial charge is 0.490 e. The van der Waals surface area contributed by atoms with E-state index in [1.165, 1.54) is 0 Å². The van der Waals surface area contributed by atoms with Crippen molar-refractivity contribution in [3.63, 3.8) is 0 Å². The van der Waals surface area contributed by atoms with Gasteiger partial charge in [0.1, 0.15) is 24.9 Å². The maximum absolute atomic E-state index is 13.1. The normalized spacial score (nSPS) is 20.7. The minimum atomic E-state index is -0.670. The summed E-state index contributed by atoms with van der Waals surface area (Å²) >= 11 is 6.24. The van der Waals surface area contributed by atoms with E-state index in [4.69, 9.17) is 21.1 Å². The van der Waals surface area contributed by atoms with Gasteiger partial charge in [-0.3, -0.25) is 14.6 Å². The molecule has 0 N–H and O–H groups in total. The summed E-state index contributed by atoms with van der Waals surface area (Å²) in [5, 5.41) is 0.562. The molecule has 2 atom stereocenters. The van der Waals surface area contributed by atoms with Crippen LogP contribution < -0.4 is 4.74 Å². The Morgan fingerprint density at radius 3 is 2.68 bits per heavy atom. The highest BCUT2D eigenvalue weighted by Crippen LogP contribution is 2.43. The smallest absolute Gasteiger partial charge is 0.315 e. The lowest BCUT2D eigenvalue weighted by molar-refractivity contribution is -0.147. The van der Waals surface area contributed by atoms with Crippen molar-refractivity contribution in [1.82, 2.24) is 0 Å². The summed E-state index contributed by atoms with van der Waals surface area (Å²) in [5.74, 6) is -0.758. The lowest BCUT2D eigenvalue weighted by Crippen LogP contribution is -2.37. The van der Waals surface area contributed by atoms with E-state index < -0.39 is 17.8 Å². The number of nitrogens with zero attached hydrogens (tertiary/aromatic N) is 1. The Kier molecular flexibility index (Phi) is 6.52. The first-order valence-electron chi connectivity index (χ1n) is 10.5. The van der Waals surface area contributed by atoms with Gasteiger partial charge in [0.2, 0.25) is 0 Å². The van der Waals surface area contributed by atoms with Crippen molar-refractivity contribution >= 4 is 29.1 Å². The molecule has 0 radical (unpaired) electrons. The van der Waals surface area contributed by atoms with Gasteiger partial charge in [-0.1, -0.05) is 41.9 Å². The Morgan fingerprint density at radius 1 is 1.10 bits per heavy atom. The highest BCUT2D eigenvalue weighted by molar-refractivity contribution is 6.30. The molecular formula is C25H24ClNO4. The van der Waals surface area contributed by atoms with Gasteiger partial charge in [0.05, 0.1) is 0 Å². The van der Waals surface area contributed by atoms with Gasteiger partial charge in [-0.25, -0.2) is 0 Å². The van der Waals surface area contributed by atoms with Crippen LogP contribution in [0.15, 0.2) is 70.9 Å². The van der Waals surface area contributed by atoms with Gasteiger partial charge in [0.15, 0.2) is 5.78 Å². The molecule has 1 heterocycles. The Hall–Kier alpha value is -2.92. The zero-order valence-electron chi connectivity index (χ0n) is 17.3. The fourth-order valence-corrected chi connectivity index (χ4v) is 4.48. The first kappa shape index (κ1) is 21.3. The number of benzene rings is 2. The third-order valence-corrected chi connectivity index (χ3v) is 5.87. The van der Waals surface area contributed by atoms with Crippen LogP contribution in [-0.2, 0) is 14.3 Å². The van der Waals surface area contributed by atoms with E-state index in [1.54, 1.807) is 6.07 Å². The number of hydrogen-bond donors (Lipinski definition) is 0. The second kappa shape index (κ2) is 9.48. The minimum Gasteiger partial charge on any atom is -0.490 e. The number of halogens is 1. The van der Waals surface area contributed by atoms with Crippen LogP contribution in [0.4, 0.5) is 0 Å². The van der Waals surface area contributed by atoms with E-state index in [1.807, 2.05) is 55.5 Å². The molecule has 31 heavy (non-hydrogen) atoms. The lowest BCUT2D eigenvalue weighted by Gasteiger charge is -2.34. The van der Waals surface area contributed by atoms with E-state index in [-0.39, 0.29) is 19.0 Å². The summed E-state index contributed by atoms with van der Waals surface area (Å²) in [6.45, 7) is 2.18. The maximum atomic E-state index is 13.1. The van der Waals surface area contributed by atoms with Crippen molar-refractivity contribution in [1.29, 1.82) is 0 Å². The molecule has 2 unspecified atom stereocenters. The van der Waals surface area contributed by atoms with Crippen molar-refractivity contribution < 1.29 is 19.1 Å². The highest BCUT2D eigenvalue weighted by atomic mass is 35.5. The van der Waals surface area contributed by atoms with E-state index >= 15 is 0 Å². The summed E-state index contributed by atoms with van der Waals surface area (Å²) < 4.78 is 11.2. The van der Waals surface area contributed by atoms with E-state index in [2.05, 4.69) is 4.99 Å². The number of para-hydroxylation sites is 1. The Labute approximate surface area is 186 Å². The zero-order chi connectivity index (χ0) is 21.8. The first-order valence-corrected chi connectivity index (χ1v) is 10.8. The summed E-state index contributed by atoms with van der Waals surface area (Å²) in [7, 11) is 0. The topological polar surface area (TPSA) is 65.0 Å². The first-order chi connectivity index (χ1) is 15.0. The van der Waals surface area contributed by atoms with Crippen molar-refractivity contribution in [3.8, 4) is 5.75 Å². The predicted octanol–water partition coefficient (Wildman–Crippen LogP) is 5.14. The molecule has 2 aromatic carbocycles. The van der Waals surface area contributed by atoms with Crippen LogP contribution in [0.1, 0.15) is 37.7 Å². The molecule has 0 spiro atoms. The predicted molar refractivity (Wildman–Crippen MR) is 120 cm³/mol. The van der Waals surface area contributed by atoms with Gasteiger partial charge >= 0.3 is 5.97 Å². The van der Waals surface area contributed by atoms with E-state index in [0.29, 0.717) is 28.5 Å². The number of carbonyl (C=O) groups is 2. The monoisotopic (exact) mass is 437 g/mol. The van der Waals surface area contributed by atoms with Crippen molar-refractivity contribution in [2.24, 2.45) is 10.9 Å². The number of ketones is 1. The van der Waals surface area contributed by atoms with E-state index in [0.717, 1.165) is 24.1 Å². The number of allylic oxidation sites excluding steroid dienone is 2. The van der Waals surface area contributed by atoms with Crippen LogP contribution in [0, 0.1) is 5.92 Å². The van der Waals surface area contributed by atoms with E-state index in [9.17, 15) is 9.59 Å². The summed E-state index contributed by atoms with van der Waals surface area (Å²) in [5.41, 5.74) is 2.90. The standard InChI is InChI=1S/C25H24ClNO4/c1-16-22(25(29)31-14-13-30-19-9-3-2-4-10-19)23(17-7-5-8-18(26)15-17)24-20(27-16)11-6-12-21(24)28/h2-5,7-10,15,22-23H,6,11-14H2,1H3. The molecule has 0 fully saturated rings. The minimum absolute atomic E-state index is 0.0488. The molecule has 4 rings (SSSR count). The summed E-state index contributed by atoms with van der Waals surface area (Å²) in [4.78, 5) is 30.6. The second-order valence-corrected chi connectivity index (χ2v) is 8.17. The van der Waals surface area contributed by atoms with Crippen LogP contribution in [0.5, 0.6) is 5.75 Å². The number of aliphatic imine (C=N–C) groups is 1. The van der Waals surface area contributed by atoms with Crippen molar-refractivity contribution in [2.75, 3.05) is 13.2 Å². The molecule has 0 saturated carbocycles. The van der Waals surface area contributed by atoms with Gasteiger partial charge < -0.3 is 9.47 Å². The summed E-state index contributed by atoms with van der Waals surface area (Å²) in [6, 6.07) is 16.7. The van der Waals surface area contributed by atoms with Crippen LogP contribution in [0.2, 0.25) is 5.02 Å². The van der Waals surface area contributed by atoms with Crippen LogP contribution in [0.25, 0.3) is 0 Å². The number of Topliss-reactive ketones (excluding diaryl/α,β-unsaturated/α-hetero) is 1. The molecule has 1 aliphatic heterocycles. The molecule has 1 aliphatic carbocycles. The molecule has 0 saturated heterocycles. The highest BCUT2D eigenvalue weighted by Gasteiger charge is 2.43. The van der Waals surface area contributed by atoms with Gasteiger partial charge in [0.25, 0.3) is 0 Å². The van der Waals surface area contributed by atoms with Crippen LogP contribution >= 0.6 is 11.6 Å². The Bertz CT molecular complexity index is 1040. The number of carbonyl (C=O) groups excluding carboxylic acids is 2. The van der Waals surface area contributed by atoms with Gasteiger partial charge in [-0.05, 0) is 49.6 Å². The average molecular weight is 438 g/mol. The number of rotatable bonds is 6. The summed E-state index contributed by atoms with van der Waals surface area (Å²) in [6.07, 6.45) is 1.99. The molecule has 0 aromatic heterocycles. The van der Waals surface area contributed by atoms with Gasteiger partial charge in [-0.15, -0.1) is 0 Å².